The van der Waals surface area contributed by atoms with Crippen LogP contribution in [0.5, 0.6) is 0 Å². The van der Waals surface area contributed by atoms with Crippen LogP contribution in [0.2, 0.25) is 0 Å². The molecule has 17 heavy (non-hydrogen) atoms. The van der Waals surface area contributed by atoms with Gasteiger partial charge >= 0.3 is 6.01 Å². The summed E-state index contributed by atoms with van der Waals surface area (Å²) in [7, 11) is 0. The average molecular weight is 229 g/mol. The first-order valence-electron chi connectivity index (χ1n) is 5.43. The van der Waals surface area contributed by atoms with Gasteiger partial charge in [0.1, 0.15) is 5.58 Å². The van der Waals surface area contributed by atoms with Crippen molar-refractivity contribution in [3.05, 3.63) is 30.3 Å². The van der Waals surface area contributed by atoms with E-state index in [0.29, 0.717) is 17.6 Å². The first-order valence-corrected chi connectivity index (χ1v) is 5.43. The summed E-state index contributed by atoms with van der Waals surface area (Å²) < 4.78 is 10.7. The van der Waals surface area contributed by atoms with E-state index < -0.39 is 0 Å². The van der Waals surface area contributed by atoms with Crippen LogP contribution in [0.4, 0.5) is 6.01 Å². The maximum Gasteiger partial charge on any atom is 0.321 e. The highest BCUT2D eigenvalue weighted by Crippen LogP contribution is 2.26. The molecule has 3 rings (SSSR count). The van der Waals surface area contributed by atoms with Crippen LogP contribution in [-0.4, -0.2) is 16.7 Å². The molecule has 0 saturated heterocycles. The summed E-state index contributed by atoms with van der Waals surface area (Å²) >= 11 is 0. The second-order valence-electron chi connectivity index (χ2n) is 3.60. The van der Waals surface area contributed by atoms with Gasteiger partial charge < -0.3 is 14.3 Å². The van der Waals surface area contributed by atoms with Crippen LogP contribution in [0.1, 0.15) is 6.92 Å². The second-order valence-corrected chi connectivity index (χ2v) is 3.60. The molecule has 1 aromatic carbocycles. The zero-order valence-electron chi connectivity index (χ0n) is 9.30. The van der Waals surface area contributed by atoms with Crippen LogP contribution in [0.15, 0.2) is 39.3 Å². The fraction of sp³-hybridized carbons (Fsp3) is 0.167. The molecule has 5 nitrogen and oxygen atoms in total. The highest BCUT2D eigenvalue weighted by atomic mass is 16.5. The van der Waals surface area contributed by atoms with Crippen molar-refractivity contribution in [2.24, 2.45) is 0 Å². The van der Waals surface area contributed by atoms with Crippen molar-refractivity contribution in [2.75, 3.05) is 11.9 Å². The lowest BCUT2D eigenvalue weighted by atomic mass is 10.2. The van der Waals surface area contributed by atoms with E-state index in [1.807, 2.05) is 37.3 Å². The molecule has 0 bridgehead atoms. The summed E-state index contributed by atoms with van der Waals surface area (Å²) in [6, 6.07) is 10.1. The Morgan fingerprint density at radius 1 is 1.29 bits per heavy atom. The van der Waals surface area contributed by atoms with Crippen LogP contribution in [0.25, 0.3) is 22.6 Å². The molecule has 0 saturated carbocycles. The van der Waals surface area contributed by atoms with E-state index in [9.17, 15) is 0 Å². The fourth-order valence-corrected chi connectivity index (χ4v) is 1.64. The molecule has 0 aliphatic carbocycles. The maximum atomic E-state index is 5.63. The van der Waals surface area contributed by atoms with Crippen molar-refractivity contribution >= 4 is 17.0 Å². The SMILES string of the molecule is CCNc1nc(-c2cc3ccccc3o2)no1. The van der Waals surface area contributed by atoms with Crippen LogP contribution >= 0.6 is 0 Å². The number of para-hydroxylation sites is 1. The summed E-state index contributed by atoms with van der Waals surface area (Å²) in [5.74, 6) is 1.07. The molecule has 2 heterocycles. The Balaban J connectivity index is 2.01. The molecule has 0 unspecified atom stereocenters. The van der Waals surface area contributed by atoms with Gasteiger partial charge in [0.25, 0.3) is 0 Å². The quantitative estimate of drug-likeness (QED) is 0.748. The number of rotatable bonds is 3. The molecule has 1 N–H and O–H groups in total. The van der Waals surface area contributed by atoms with Gasteiger partial charge in [-0.1, -0.05) is 23.4 Å². The third kappa shape index (κ3) is 1.75. The summed E-state index contributed by atoms with van der Waals surface area (Å²) in [6.45, 7) is 2.70. The average Bonchev–Trinajstić information content (AvgIpc) is 2.94. The van der Waals surface area contributed by atoms with Crippen LogP contribution in [0, 0.1) is 0 Å². The smallest absolute Gasteiger partial charge is 0.321 e. The molecule has 5 heteroatoms. The van der Waals surface area contributed by atoms with Gasteiger partial charge in [-0.15, -0.1) is 0 Å². The van der Waals surface area contributed by atoms with Crippen LogP contribution in [-0.2, 0) is 0 Å². The number of nitrogens with zero attached hydrogens (tertiary/aromatic N) is 2. The Morgan fingerprint density at radius 3 is 3.00 bits per heavy atom. The van der Waals surface area contributed by atoms with E-state index in [2.05, 4.69) is 15.5 Å². The molecule has 3 aromatic rings. The Kier molecular flexibility index (Phi) is 2.29. The van der Waals surface area contributed by atoms with Crippen molar-refractivity contribution < 1.29 is 8.94 Å². The van der Waals surface area contributed by atoms with E-state index in [-0.39, 0.29) is 0 Å². The largest absolute Gasteiger partial charge is 0.453 e. The number of nitrogens with one attached hydrogen (secondary N) is 1. The van der Waals surface area contributed by atoms with E-state index in [0.717, 1.165) is 17.5 Å². The molecule has 2 aromatic heterocycles. The van der Waals surface area contributed by atoms with E-state index in [4.69, 9.17) is 8.94 Å². The lowest BCUT2D eigenvalue weighted by Crippen LogP contribution is -1.95. The third-order valence-corrected chi connectivity index (χ3v) is 2.40. The number of furan rings is 1. The molecule has 0 aliphatic rings. The predicted octanol–water partition coefficient (Wildman–Crippen LogP) is 2.91. The van der Waals surface area contributed by atoms with E-state index >= 15 is 0 Å². The van der Waals surface area contributed by atoms with Gasteiger partial charge in [0.2, 0.25) is 5.82 Å². The molecule has 0 spiro atoms. The molecule has 0 atom stereocenters. The van der Waals surface area contributed by atoms with Crippen molar-refractivity contribution in [1.29, 1.82) is 0 Å². The lowest BCUT2D eigenvalue weighted by Gasteiger charge is -1.89. The molecular formula is C12H11N3O2. The zero-order valence-corrected chi connectivity index (χ0v) is 9.30. The summed E-state index contributed by atoms with van der Waals surface area (Å²) in [5, 5.41) is 7.83. The zero-order chi connectivity index (χ0) is 11.7. The van der Waals surface area contributed by atoms with Gasteiger partial charge in [-0.3, -0.25) is 0 Å². The summed E-state index contributed by atoms with van der Waals surface area (Å²) in [6.07, 6.45) is 0. The topological polar surface area (TPSA) is 64.1 Å². The Labute approximate surface area is 97.4 Å². The number of anilines is 1. The number of aromatic nitrogens is 2. The van der Waals surface area contributed by atoms with Crippen molar-refractivity contribution in [2.45, 2.75) is 6.92 Å². The van der Waals surface area contributed by atoms with Gasteiger partial charge in [-0.2, -0.15) is 4.98 Å². The number of hydrogen-bond acceptors (Lipinski definition) is 5. The number of benzene rings is 1. The molecular weight excluding hydrogens is 218 g/mol. The van der Waals surface area contributed by atoms with Crippen molar-refractivity contribution in [3.63, 3.8) is 0 Å². The molecule has 86 valence electrons. The molecule has 0 fully saturated rings. The first-order chi connectivity index (χ1) is 8.36. The van der Waals surface area contributed by atoms with Gasteiger partial charge in [0.15, 0.2) is 5.76 Å². The van der Waals surface area contributed by atoms with Crippen LogP contribution < -0.4 is 5.32 Å². The van der Waals surface area contributed by atoms with Gasteiger partial charge in [0.05, 0.1) is 0 Å². The Hall–Kier alpha value is -2.30. The van der Waals surface area contributed by atoms with Crippen LogP contribution in [0.3, 0.4) is 0 Å². The molecule has 0 amide bonds. The first kappa shape index (κ1) is 9.89. The monoisotopic (exact) mass is 229 g/mol. The van der Waals surface area contributed by atoms with Gasteiger partial charge in [-0.05, 0) is 19.1 Å². The predicted molar refractivity (Wildman–Crippen MR) is 63.7 cm³/mol. The highest BCUT2D eigenvalue weighted by molar-refractivity contribution is 5.81. The minimum Gasteiger partial charge on any atom is -0.453 e. The van der Waals surface area contributed by atoms with Gasteiger partial charge in [0, 0.05) is 11.9 Å². The number of fused-ring (bicyclic) bond motifs is 1. The maximum absolute atomic E-state index is 5.63. The third-order valence-electron chi connectivity index (χ3n) is 2.40. The standard InChI is InChI=1S/C12H11N3O2/c1-2-13-12-14-11(15-17-12)10-7-8-5-3-4-6-9(8)16-10/h3-7H,2H2,1H3,(H,13,14,15). The molecule has 0 aliphatic heterocycles. The van der Waals surface area contributed by atoms with E-state index in [1.165, 1.54) is 0 Å². The van der Waals surface area contributed by atoms with Crippen molar-refractivity contribution in [1.82, 2.24) is 10.1 Å². The molecule has 0 radical (unpaired) electrons. The van der Waals surface area contributed by atoms with Crippen molar-refractivity contribution in [3.8, 4) is 11.6 Å². The summed E-state index contributed by atoms with van der Waals surface area (Å²) in [5.41, 5.74) is 0.817. The Bertz CT molecular complexity index is 609. The van der Waals surface area contributed by atoms with E-state index in [1.54, 1.807) is 0 Å². The van der Waals surface area contributed by atoms with Gasteiger partial charge in [-0.25, -0.2) is 0 Å². The summed E-state index contributed by atoms with van der Waals surface area (Å²) in [4.78, 5) is 4.18. The number of hydrogen-bond donors (Lipinski definition) is 1. The Morgan fingerprint density at radius 2 is 2.18 bits per heavy atom. The minimum absolute atomic E-state index is 0.406. The lowest BCUT2D eigenvalue weighted by molar-refractivity contribution is 0.430. The normalized spacial score (nSPS) is 10.9. The fourth-order valence-electron chi connectivity index (χ4n) is 1.64. The highest BCUT2D eigenvalue weighted by Gasteiger charge is 2.12. The second kappa shape index (κ2) is 3.93. The minimum atomic E-state index is 0.406.